The van der Waals surface area contributed by atoms with Crippen LogP contribution in [0.4, 0.5) is 5.69 Å². The van der Waals surface area contributed by atoms with E-state index < -0.39 is 0 Å². The average Bonchev–Trinajstić information content (AvgIpc) is 3.16. The maximum atomic E-state index is 12.4. The van der Waals surface area contributed by atoms with Crippen molar-refractivity contribution < 1.29 is 4.79 Å². The van der Waals surface area contributed by atoms with Crippen molar-refractivity contribution in [2.24, 2.45) is 17.8 Å². The third kappa shape index (κ3) is 2.82. The Balaban J connectivity index is 1.72. The van der Waals surface area contributed by atoms with Crippen molar-refractivity contribution in [3.8, 4) is 0 Å². The van der Waals surface area contributed by atoms with Gasteiger partial charge in [-0.25, -0.2) is 0 Å². The van der Waals surface area contributed by atoms with Crippen LogP contribution >= 0.6 is 34.2 Å². The molecular formula is C14H15ClINO. The summed E-state index contributed by atoms with van der Waals surface area (Å²) in [4.78, 5) is 12.4. The van der Waals surface area contributed by atoms with E-state index in [1.54, 1.807) is 0 Å². The molecular weight excluding hydrogens is 361 g/mol. The predicted octanol–water partition coefficient (Wildman–Crippen LogP) is 4.32. The molecule has 0 unspecified atom stereocenters. The molecule has 0 saturated heterocycles. The largest absolute Gasteiger partial charge is 0.325 e. The number of nitrogens with one attached hydrogen (secondary N) is 1. The number of anilines is 1. The van der Waals surface area contributed by atoms with Crippen molar-refractivity contribution in [1.29, 1.82) is 0 Å². The van der Waals surface area contributed by atoms with Crippen molar-refractivity contribution in [1.82, 2.24) is 0 Å². The van der Waals surface area contributed by atoms with Gasteiger partial charge in [0, 0.05) is 14.5 Å². The molecule has 0 aromatic heterocycles. The fourth-order valence-corrected chi connectivity index (χ4v) is 3.54. The van der Waals surface area contributed by atoms with Gasteiger partial charge < -0.3 is 5.32 Å². The van der Waals surface area contributed by atoms with Gasteiger partial charge in [-0.1, -0.05) is 11.6 Å². The summed E-state index contributed by atoms with van der Waals surface area (Å²) in [5, 5.41) is 3.78. The lowest BCUT2D eigenvalue weighted by molar-refractivity contribution is -0.121. The monoisotopic (exact) mass is 375 g/mol. The molecule has 1 aromatic carbocycles. The summed E-state index contributed by atoms with van der Waals surface area (Å²) in [7, 11) is 0. The number of amides is 1. The van der Waals surface area contributed by atoms with Gasteiger partial charge in [-0.15, -0.1) is 0 Å². The highest BCUT2D eigenvalue weighted by molar-refractivity contribution is 14.1. The van der Waals surface area contributed by atoms with Crippen molar-refractivity contribution in [3.63, 3.8) is 0 Å². The van der Waals surface area contributed by atoms with Crippen LogP contribution < -0.4 is 5.32 Å². The van der Waals surface area contributed by atoms with E-state index in [-0.39, 0.29) is 11.8 Å². The van der Waals surface area contributed by atoms with Crippen LogP contribution in [0.25, 0.3) is 0 Å². The molecule has 0 heterocycles. The molecule has 0 aliphatic heterocycles. The minimum absolute atomic E-state index is 0.209. The van der Waals surface area contributed by atoms with Crippen LogP contribution in [0.5, 0.6) is 0 Å². The highest BCUT2D eigenvalue weighted by Gasteiger charge is 2.45. The van der Waals surface area contributed by atoms with E-state index in [1.165, 1.54) is 25.7 Å². The number of halogens is 2. The lowest BCUT2D eigenvalue weighted by Gasteiger charge is -2.16. The maximum absolute atomic E-state index is 12.4. The Morgan fingerprint density at radius 1 is 1.28 bits per heavy atom. The quantitative estimate of drug-likeness (QED) is 0.780. The number of benzene rings is 1. The SMILES string of the molecule is O=C(Nc1ccc(Cl)cc1I)C(C1CC1)C1CC1. The summed E-state index contributed by atoms with van der Waals surface area (Å²) in [6, 6.07) is 5.59. The van der Waals surface area contributed by atoms with Crippen LogP contribution in [0.3, 0.4) is 0 Å². The first kappa shape index (κ1) is 12.7. The van der Waals surface area contributed by atoms with E-state index in [9.17, 15) is 4.79 Å². The van der Waals surface area contributed by atoms with Crippen LogP contribution in [0, 0.1) is 21.3 Å². The van der Waals surface area contributed by atoms with E-state index >= 15 is 0 Å². The van der Waals surface area contributed by atoms with Crippen LogP contribution in [-0.2, 0) is 4.79 Å². The second-order valence-electron chi connectivity index (χ2n) is 5.31. The molecule has 0 spiro atoms. The van der Waals surface area contributed by atoms with Gasteiger partial charge in [0.15, 0.2) is 0 Å². The Morgan fingerprint density at radius 2 is 1.89 bits per heavy atom. The first-order valence-corrected chi connectivity index (χ1v) is 7.87. The van der Waals surface area contributed by atoms with E-state index in [0.717, 1.165) is 9.26 Å². The Kier molecular flexibility index (Phi) is 3.54. The van der Waals surface area contributed by atoms with Crippen molar-refractivity contribution >= 4 is 45.8 Å². The molecule has 2 nitrogen and oxygen atoms in total. The molecule has 2 aliphatic rings. The van der Waals surface area contributed by atoms with Gasteiger partial charge in [0.1, 0.15) is 0 Å². The van der Waals surface area contributed by atoms with Gasteiger partial charge in [0.05, 0.1) is 5.69 Å². The van der Waals surface area contributed by atoms with Gasteiger partial charge in [0.2, 0.25) is 5.91 Å². The lowest BCUT2D eigenvalue weighted by atomic mass is 9.97. The Labute approximate surface area is 126 Å². The average molecular weight is 376 g/mol. The molecule has 2 saturated carbocycles. The second-order valence-corrected chi connectivity index (χ2v) is 6.91. The smallest absolute Gasteiger partial charge is 0.228 e. The fraction of sp³-hybridized carbons (Fsp3) is 0.500. The van der Waals surface area contributed by atoms with E-state index in [4.69, 9.17) is 11.6 Å². The molecule has 96 valence electrons. The van der Waals surface area contributed by atoms with Gasteiger partial charge in [-0.2, -0.15) is 0 Å². The molecule has 0 radical (unpaired) electrons. The Morgan fingerprint density at radius 3 is 2.39 bits per heavy atom. The van der Waals surface area contributed by atoms with Crippen LogP contribution in [0.1, 0.15) is 25.7 Å². The summed E-state index contributed by atoms with van der Waals surface area (Å²) >= 11 is 8.13. The zero-order valence-electron chi connectivity index (χ0n) is 9.96. The molecule has 1 N–H and O–H groups in total. The summed E-state index contributed by atoms with van der Waals surface area (Å²) in [6.45, 7) is 0. The van der Waals surface area contributed by atoms with E-state index in [2.05, 4.69) is 27.9 Å². The number of carbonyl (C=O) groups is 1. The number of hydrogen-bond donors (Lipinski definition) is 1. The first-order chi connectivity index (χ1) is 8.65. The highest BCUT2D eigenvalue weighted by Crippen LogP contribution is 2.49. The Bertz CT molecular complexity index is 471. The van der Waals surface area contributed by atoms with Gasteiger partial charge >= 0.3 is 0 Å². The number of hydrogen-bond acceptors (Lipinski definition) is 1. The lowest BCUT2D eigenvalue weighted by Crippen LogP contribution is -2.26. The summed E-state index contributed by atoms with van der Waals surface area (Å²) in [6.07, 6.45) is 4.91. The summed E-state index contributed by atoms with van der Waals surface area (Å²) < 4.78 is 0.999. The third-order valence-electron chi connectivity index (χ3n) is 3.75. The molecule has 0 bridgehead atoms. The molecule has 2 aliphatic carbocycles. The van der Waals surface area contributed by atoms with Crippen molar-refractivity contribution in [2.45, 2.75) is 25.7 Å². The first-order valence-electron chi connectivity index (χ1n) is 6.41. The highest BCUT2D eigenvalue weighted by atomic mass is 127. The number of rotatable bonds is 4. The zero-order chi connectivity index (χ0) is 12.7. The van der Waals surface area contributed by atoms with Crippen LogP contribution in [0.15, 0.2) is 18.2 Å². The van der Waals surface area contributed by atoms with E-state index in [0.29, 0.717) is 16.9 Å². The topological polar surface area (TPSA) is 29.1 Å². The van der Waals surface area contributed by atoms with Crippen molar-refractivity contribution in [3.05, 3.63) is 26.8 Å². The molecule has 0 atom stereocenters. The van der Waals surface area contributed by atoms with Crippen LogP contribution in [0.2, 0.25) is 5.02 Å². The van der Waals surface area contributed by atoms with E-state index in [1.807, 2.05) is 18.2 Å². The molecule has 2 fully saturated rings. The molecule has 18 heavy (non-hydrogen) atoms. The van der Waals surface area contributed by atoms with Gasteiger partial charge in [-0.3, -0.25) is 4.79 Å². The minimum Gasteiger partial charge on any atom is -0.325 e. The standard InChI is InChI=1S/C14H15ClINO/c15-10-5-6-12(11(16)7-10)17-14(18)13(8-1-2-8)9-3-4-9/h5-9,13H,1-4H2,(H,17,18). The van der Waals surface area contributed by atoms with Gasteiger partial charge in [0.25, 0.3) is 0 Å². The third-order valence-corrected chi connectivity index (χ3v) is 4.88. The maximum Gasteiger partial charge on any atom is 0.228 e. The molecule has 4 heteroatoms. The van der Waals surface area contributed by atoms with Crippen molar-refractivity contribution in [2.75, 3.05) is 5.32 Å². The zero-order valence-corrected chi connectivity index (χ0v) is 12.9. The normalized spacial score (nSPS) is 19.1. The predicted molar refractivity (Wildman–Crippen MR) is 81.7 cm³/mol. The van der Waals surface area contributed by atoms with Gasteiger partial charge in [-0.05, 0) is 78.3 Å². The minimum atomic E-state index is 0.209. The molecule has 1 amide bonds. The molecule has 1 aromatic rings. The fourth-order valence-electron chi connectivity index (χ4n) is 2.53. The second kappa shape index (κ2) is 5.00. The van der Waals surface area contributed by atoms with Crippen LogP contribution in [-0.4, -0.2) is 5.91 Å². The summed E-state index contributed by atoms with van der Waals surface area (Å²) in [5.74, 6) is 1.74. The molecule has 3 rings (SSSR count). The summed E-state index contributed by atoms with van der Waals surface area (Å²) in [5.41, 5.74) is 0.885. The number of carbonyl (C=O) groups excluding carboxylic acids is 1. The Hall–Kier alpha value is -0.290.